The maximum Gasteiger partial charge on any atom is 0.305 e. The zero-order valence-electron chi connectivity index (χ0n) is 9.63. The van der Waals surface area contributed by atoms with Gasteiger partial charge in [0.2, 0.25) is 0 Å². The summed E-state index contributed by atoms with van der Waals surface area (Å²) in [6.07, 6.45) is 5.22. The van der Waals surface area contributed by atoms with Crippen LogP contribution in [0.3, 0.4) is 0 Å². The number of H-pyrrole nitrogens is 1. The van der Waals surface area contributed by atoms with Crippen LogP contribution in [-0.4, -0.2) is 37.1 Å². The molecule has 0 bridgehead atoms. The molecule has 3 rings (SSSR count). The van der Waals surface area contributed by atoms with Crippen LogP contribution in [-0.2, 0) is 4.79 Å². The number of hydrogen-bond acceptors (Lipinski definition) is 5. The van der Waals surface area contributed by atoms with Gasteiger partial charge in [0.25, 0.3) is 0 Å². The van der Waals surface area contributed by atoms with Crippen LogP contribution in [0.1, 0.15) is 19.3 Å². The number of fused-ring (bicyclic) bond motifs is 1. The SMILES string of the molecule is O=C(O)CC(Nc1ncnc2nc[nH]c12)C1CC1. The summed E-state index contributed by atoms with van der Waals surface area (Å²) in [5, 5.41) is 12.1. The molecule has 0 spiro atoms. The third-order valence-corrected chi connectivity index (χ3v) is 3.13. The van der Waals surface area contributed by atoms with E-state index in [-0.39, 0.29) is 12.5 Å². The number of carboxylic acids is 1. The largest absolute Gasteiger partial charge is 0.481 e. The van der Waals surface area contributed by atoms with Crippen LogP contribution in [0.5, 0.6) is 0 Å². The van der Waals surface area contributed by atoms with Crippen molar-refractivity contribution < 1.29 is 9.90 Å². The van der Waals surface area contributed by atoms with E-state index in [1.54, 1.807) is 6.33 Å². The molecule has 1 fully saturated rings. The molecule has 2 heterocycles. The van der Waals surface area contributed by atoms with Crippen LogP contribution >= 0.6 is 0 Å². The lowest BCUT2D eigenvalue weighted by Crippen LogP contribution is -2.26. The Balaban J connectivity index is 1.85. The fourth-order valence-corrected chi connectivity index (χ4v) is 2.07. The lowest BCUT2D eigenvalue weighted by atomic mass is 10.1. The van der Waals surface area contributed by atoms with Gasteiger partial charge in [-0.2, -0.15) is 0 Å². The first-order chi connectivity index (χ1) is 8.74. The highest BCUT2D eigenvalue weighted by Crippen LogP contribution is 2.36. The highest BCUT2D eigenvalue weighted by atomic mass is 16.4. The number of imidazole rings is 1. The van der Waals surface area contributed by atoms with Gasteiger partial charge in [-0.15, -0.1) is 0 Å². The number of rotatable bonds is 5. The van der Waals surface area contributed by atoms with Gasteiger partial charge in [-0.05, 0) is 18.8 Å². The van der Waals surface area contributed by atoms with Crippen LogP contribution in [0.15, 0.2) is 12.7 Å². The van der Waals surface area contributed by atoms with Gasteiger partial charge in [0.1, 0.15) is 11.8 Å². The summed E-state index contributed by atoms with van der Waals surface area (Å²) in [4.78, 5) is 26.0. The molecular weight excluding hydrogens is 234 g/mol. The second kappa shape index (κ2) is 4.25. The van der Waals surface area contributed by atoms with Gasteiger partial charge in [0.05, 0.1) is 12.7 Å². The summed E-state index contributed by atoms with van der Waals surface area (Å²) in [5.41, 5.74) is 1.30. The van der Waals surface area contributed by atoms with Crippen LogP contribution in [0, 0.1) is 5.92 Å². The van der Waals surface area contributed by atoms with Gasteiger partial charge in [-0.1, -0.05) is 0 Å². The van der Waals surface area contributed by atoms with Gasteiger partial charge >= 0.3 is 5.97 Å². The summed E-state index contributed by atoms with van der Waals surface area (Å²) >= 11 is 0. The maximum atomic E-state index is 10.9. The standard InChI is InChI=1S/C11H13N5O2/c17-8(18)3-7(6-1-2-6)16-11-9-10(13-4-12-9)14-5-15-11/h4-7H,1-3H2,(H,17,18)(H2,12,13,14,15,16). The summed E-state index contributed by atoms with van der Waals surface area (Å²) in [6.45, 7) is 0. The number of aromatic amines is 1. The second-order valence-corrected chi connectivity index (χ2v) is 4.51. The number of anilines is 1. The average Bonchev–Trinajstić information content (AvgIpc) is 3.06. The van der Waals surface area contributed by atoms with Gasteiger partial charge in [0, 0.05) is 6.04 Å². The number of nitrogens with zero attached hydrogens (tertiary/aromatic N) is 3. The van der Waals surface area contributed by atoms with Gasteiger partial charge in [-0.25, -0.2) is 15.0 Å². The van der Waals surface area contributed by atoms with Crippen molar-refractivity contribution in [3.63, 3.8) is 0 Å². The normalized spacial score (nSPS) is 16.7. The Morgan fingerprint density at radius 1 is 1.50 bits per heavy atom. The fraction of sp³-hybridized carbons (Fsp3) is 0.455. The zero-order valence-corrected chi connectivity index (χ0v) is 9.63. The number of carboxylic acid groups (broad SMARTS) is 1. The molecule has 18 heavy (non-hydrogen) atoms. The molecule has 0 aromatic carbocycles. The minimum atomic E-state index is -0.797. The van der Waals surface area contributed by atoms with Crippen LogP contribution in [0.2, 0.25) is 0 Å². The Hall–Kier alpha value is -2.18. The van der Waals surface area contributed by atoms with Crippen molar-refractivity contribution in [2.75, 3.05) is 5.32 Å². The second-order valence-electron chi connectivity index (χ2n) is 4.51. The molecule has 3 N–H and O–H groups in total. The van der Waals surface area contributed by atoms with Gasteiger partial charge in [0.15, 0.2) is 11.5 Å². The first kappa shape index (κ1) is 10.9. The van der Waals surface area contributed by atoms with E-state index in [0.29, 0.717) is 22.9 Å². The Labute approximate surface area is 103 Å². The molecule has 1 aliphatic carbocycles. The number of hydrogen-bond donors (Lipinski definition) is 3. The molecule has 0 aliphatic heterocycles. The molecule has 1 atom stereocenters. The first-order valence-corrected chi connectivity index (χ1v) is 5.86. The van der Waals surface area contributed by atoms with Crippen LogP contribution in [0.4, 0.5) is 5.82 Å². The van der Waals surface area contributed by atoms with Gasteiger partial charge in [-0.3, -0.25) is 4.79 Å². The summed E-state index contributed by atoms with van der Waals surface area (Å²) in [5.74, 6) is 0.249. The highest BCUT2D eigenvalue weighted by Gasteiger charge is 2.33. The first-order valence-electron chi connectivity index (χ1n) is 5.86. The minimum Gasteiger partial charge on any atom is -0.481 e. The quantitative estimate of drug-likeness (QED) is 0.728. The van der Waals surface area contributed by atoms with E-state index >= 15 is 0 Å². The smallest absolute Gasteiger partial charge is 0.305 e. The van der Waals surface area contributed by atoms with Crippen molar-refractivity contribution in [3.8, 4) is 0 Å². The van der Waals surface area contributed by atoms with Crippen molar-refractivity contribution in [2.45, 2.75) is 25.3 Å². The number of aromatic nitrogens is 4. The molecule has 7 nitrogen and oxygen atoms in total. The topological polar surface area (TPSA) is 104 Å². The van der Waals surface area contributed by atoms with E-state index in [0.717, 1.165) is 12.8 Å². The van der Waals surface area contributed by atoms with Crippen molar-refractivity contribution in [1.29, 1.82) is 0 Å². The van der Waals surface area contributed by atoms with Crippen molar-refractivity contribution in [3.05, 3.63) is 12.7 Å². The number of aliphatic carboxylic acids is 1. The van der Waals surface area contributed by atoms with E-state index < -0.39 is 5.97 Å². The Kier molecular flexibility index (Phi) is 2.58. The summed E-state index contributed by atoms with van der Waals surface area (Å²) in [7, 11) is 0. The lowest BCUT2D eigenvalue weighted by Gasteiger charge is -2.16. The average molecular weight is 247 g/mol. The molecular formula is C11H13N5O2. The molecule has 7 heteroatoms. The predicted molar refractivity (Wildman–Crippen MR) is 64.1 cm³/mol. The molecule has 94 valence electrons. The van der Waals surface area contributed by atoms with Gasteiger partial charge < -0.3 is 15.4 Å². The van der Waals surface area contributed by atoms with Crippen molar-refractivity contribution >= 4 is 23.0 Å². The monoisotopic (exact) mass is 247 g/mol. The Morgan fingerprint density at radius 3 is 3.06 bits per heavy atom. The summed E-state index contributed by atoms with van der Waals surface area (Å²) < 4.78 is 0. The minimum absolute atomic E-state index is 0.0797. The molecule has 0 amide bonds. The fourth-order valence-electron chi connectivity index (χ4n) is 2.07. The molecule has 1 aliphatic rings. The predicted octanol–water partition coefficient (Wildman–Crippen LogP) is 1.02. The number of nitrogens with one attached hydrogen (secondary N) is 2. The third-order valence-electron chi connectivity index (χ3n) is 3.13. The Bertz CT molecular complexity index is 578. The van der Waals surface area contributed by atoms with Crippen LogP contribution < -0.4 is 5.32 Å². The molecule has 2 aromatic rings. The number of carbonyl (C=O) groups is 1. The molecule has 1 unspecified atom stereocenters. The van der Waals surface area contributed by atoms with E-state index in [9.17, 15) is 4.79 Å². The third kappa shape index (κ3) is 2.11. The van der Waals surface area contributed by atoms with Crippen molar-refractivity contribution in [2.24, 2.45) is 5.92 Å². The lowest BCUT2D eigenvalue weighted by molar-refractivity contribution is -0.137. The molecule has 0 saturated heterocycles. The van der Waals surface area contributed by atoms with Crippen molar-refractivity contribution in [1.82, 2.24) is 19.9 Å². The Morgan fingerprint density at radius 2 is 2.33 bits per heavy atom. The molecule has 0 radical (unpaired) electrons. The van der Waals surface area contributed by atoms with E-state index in [1.165, 1.54) is 6.33 Å². The zero-order chi connectivity index (χ0) is 12.5. The molecule has 1 saturated carbocycles. The maximum absolute atomic E-state index is 10.9. The summed E-state index contributed by atoms with van der Waals surface area (Å²) in [6, 6.07) is -0.0797. The highest BCUT2D eigenvalue weighted by molar-refractivity contribution is 5.82. The van der Waals surface area contributed by atoms with E-state index in [1.807, 2.05) is 0 Å². The van der Waals surface area contributed by atoms with Crippen LogP contribution in [0.25, 0.3) is 11.2 Å². The van der Waals surface area contributed by atoms with E-state index in [2.05, 4.69) is 25.3 Å². The van der Waals surface area contributed by atoms with E-state index in [4.69, 9.17) is 5.11 Å². The molecule has 2 aromatic heterocycles.